The maximum atomic E-state index is 12.4. The Bertz CT molecular complexity index is 965. The second-order valence-electron chi connectivity index (χ2n) is 5.04. The molecule has 0 bridgehead atoms. The molecule has 7 nitrogen and oxygen atoms in total. The number of phenolic OH excluding ortho intramolecular Hbond substituents is 1. The fourth-order valence-corrected chi connectivity index (χ4v) is 2.93. The topological polar surface area (TPSA) is 100 Å². The van der Waals surface area contributed by atoms with Crippen molar-refractivity contribution in [2.45, 2.75) is 0 Å². The lowest BCUT2D eigenvalue weighted by atomic mass is 10.2. The molecule has 3 rings (SSSR count). The highest BCUT2D eigenvalue weighted by molar-refractivity contribution is 6.46. The number of phenols is 1. The molecule has 0 unspecified atom stereocenters. The van der Waals surface area contributed by atoms with Crippen molar-refractivity contribution in [3.63, 3.8) is 0 Å². The number of aromatic nitrogens is 3. The number of aromatic hydroxyl groups is 1. The Morgan fingerprint density at radius 1 is 1.23 bits per heavy atom. The zero-order valence-electron chi connectivity index (χ0n) is 13.2. The zero-order valence-corrected chi connectivity index (χ0v) is 15.4. The molecule has 0 saturated heterocycles. The minimum Gasteiger partial charge on any atom is -0.505 e. The summed E-state index contributed by atoms with van der Waals surface area (Å²) in [5.41, 5.74) is 0.391. The first kappa shape index (κ1) is 18.3. The third-order valence-corrected chi connectivity index (χ3v) is 4.52. The Labute approximate surface area is 162 Å². The van der Waals surface area contributed by atoms with Gasteiger partial charge in [0.05, 0.1) is 27.7 Å². The normalized spacial score (nSPS) is 10.6. The molecule has 0 radical (unpaired) electrons. The molecule has 0 aliphatic rings. The van der Waals surface area contributed by atoms with Gasteiger partial charge in [-0.3, -0.25) is 15.2 Å². The standard InChI is InChI=1S/C16H11Cl3N4O3/c1-26-10-5-3-2-4-7(10)14-20-16(23-22-14)21-15(25)11-12(19)8(17)6-9(18)13(11)24/h2-6,24H,1H3,(H2,20,21,22,23,25). The Morgan fingerprint density at radius 3 is 2.69 bits per heavy atom. The molecule has 134 valence electrons. The number of nitrogens with one attached hydrogen (secondary N) is 2. The molecule has 0 aliphatic heterocycles. The monoisotopic (exact) mass is 412 g/mol. The van der Waals surface area contributed by atoms with E-state index in [1.165, 1.54) is 13.2 Å². The van der Waals surface area contributed by atoms with Crippen molar-refractivity contribution in [3.8, 4) is 22.9 Å². The van der Waals surface area contributed by atoms with Crippen LogP contribution in [0.25, 0.3) is 11.4 Å². The van der Waals surface area contributed by atoms with Gasteiger partial charge in [0.2, 0.25) is 5.95 Å². The lowest BCUT2D eigenvalue weighted by Crippen LogP contribution is -2.14. The minimum atomic E-state index is -0.762. The van der Waals surface area contributed by atoms with Crippen molar-refractivity contribution in [1.82, 2.24) is 15.2 Å². The van der Waals surface area contributed by atoms with Gasteiger partial charge in [-0.25, -0.2) is 0 Å². The number of para-hydroxylation sites is 1. The second-order valence-corrected chi connectivity index (χ2v) is 6.23. The Balaban J connectivity index is 1.90. The third kappa shape index (κ3) is 3.41. The number of rotatable bonds is 4. The number of benzene rings is 2. The molecule has 0 aliphatic carbocycles. The van der Waals surface area contributed by atoms with E-state index in [0.29, 0.717) is 17.1 Å². The van der Waals surface area contributed by atoms with E-state index in [0.717, 1.165) is 0 Å². The lowest BCUT2D eigenvalue weighted by Gasteiger charge is -2.09. The van der Waals surface area contributed by atoms with E-state index < -0.39 is 11.7 Å². The fourth-order valence-electron chi connectivity index (χ4n) is 2.24. The molecule has 1 aromatic heterocycles. The van der Waals surface area contributed by atoms with E-state index in [-0.39, 0.29) is 26.6 Å². The van der Waals surface area contributed by atoms with Crippen LogP contribution in [0.2, 0.25) is 15.1 Å². The molecule has 2 aromatic carbocycles. The quantitative estimate of drug-likeness (QED) is 0.551. The van der Waals surface area contributed by atoms with Crippen LogP contribution in [-0.2, 0) is 0 Å². The summed E-state index contributed by atoms with van der Waals surface area (Å²) >= 11 is 17.7. The number of ether oxygens (including phenoxy) is 1. The molecular formula is C16H11Cl3N4O3. The van der Waals surface area contributed by atoms with Crippen LogP contribution >= 0.6 is 34.8 Å². The number of halogens is 3. The first-order valence-electron chi connectivity index (χ1n) is 7.16. The van der Waals surface area contributed by atoms with Crippen LogP contribution in [0, 0.1) is 0 Å². The molecule has 0 saturated carbocycles. The van der Waals surface area contributed by atoms with Crippen LogP contribution in [0.15, 0.2) is 30.3 Å². The highest BCUT2D eigenvalue weighted by atomic mass is 35.5. The van der Waals surface area contributed by atoms with Gasteiger partial charge in [-0.15, -0.1) is 5.10 Å². The Kier molecular flexibility index (Phi) is 5.22. The van der Waals surface area contributed by atoms with Gasteiger partial charge in [-0.05, 0) is 18.2 Å². The van der Waals surface area contributed by atoms with Crippen LogP contribution in [0.5, 0.6) is 11.5 Å². The summed E-state index contributed by atoms with van der Waals surface area (Å²) in [6, 6.07) is 8.41. The van der Waals surface area contributed by atoms with Crippen molar-refractivity contribution < 1.29 is 14.6 Å². The van der Waals surface area contributed by atoms with Crippen molar-refractivity contribution in [2.75, 3.05) is 12.4 Å². The van der Waals surface area contributed by atoms with Crippen molar-refractivity contribution in [2.24, 2.45) is 0 Å². The van der Waals surface area contributed by atoms with Crippen LogP contribution in [0.1, 0.15) is 10.4 Å². The van der Waals surface area contributed by atoms with Gasteiger partial charge in [-0.2, -0.15) is 4.98 Å². The number of aromatic amines is 1. The molecule has 26 heavy (non-hydrogen) atoms. The van der Waals surface area contributed by atoms with Gasteiger partial charge in [0, 0.05) is 0 Å². The van der Waals surface area contributed by atoms with E-state index >= 15 is 0 Å². The largest absolute Gasteiger partial charge is 0.505 e. The maximum absolute atomic E-state index is 12.4. The molecule has 1 amide bonds. The summed E-state index contributed by atoms with van der Waals surface area (Å²) in [6.45, 7) is 0. The number of amides is 1. The van der Waals surface area contributed by atoms with Gasteiger partial charge in [0.15, 0.2) is 5.82 Å². The Morgan fingerprint density at radius 2 is 1.96 bits per heavy atom. The fraction of sp³-hybridized carbons (Fsp3) is 0.0625. The average molecular weight is 414 g/mol. The first-order chi connectivity index (χ1) is 12.4. The molecule has 3 aromatic rings. The predicted molar refractivity (Wildman–Crippen MR) is 99.5 cm³/mol. The van der Waals surface area contributed by atoms with Gasteiger partial charge < -0.3 is 9.84 Å². The number of nitrogens with zero attached hydrogens (tertiary/aromatic N) is 2. The van der Waals surface area contributed by atoms with E-state index in [1.54, 1.807) is 12.1 Å². The average Bonchev–Trinajstić information content (AvgIpc) is 3.08. The van der Waals surface area contributed by atoms with E-state index in [1.807, 2.05) is 12.1 Å². The molecule has 0 spiro atoms. The summed E-state index contributed by atoms with van der Waals surface area (Å²) in [5.74, 6) is -0.301. The van der Waals surface area contributed by atoms with Crippen molar-refractivity contribution in [3.05, 3.63) is 51.0 Å². The number of anilines is 1. The summed E-state index contributed by atoms with van der Waals surface area (Å²) < 4.78 is 5.26. The highest BCUT2D eigenvalue weighted by Crippen LogP contribution is 2.38. The summed E-state index contributed by atoms with van der Waals surface area (Å²) in [6.07, 6.45) is 0. The molecular weight excluding hydrogens is 403 g/mol. The molecule has 3 N–H and O–H groups in total. The maximum Gasteiger partial charge on any atom is 0.263 e. The Hall–Kier alpha value is -2.48. The third-order valence-electron chi connectivity index (χ3n) is 3.45. The number of hydrogen-bond acceptors (Lipinski definition) is 5. The van der Waals surface area contributed by atoms with E-state index in [2.05, 4.69) is 20.5 Å². The number of H-pyrrole nitrogens is 1. The molecule has 0 fully saturated rings. The second kappa shape index (κ2) is 7.41. The van der Waals surface area contributed by atoms with Gasteiger partial charge in [0.25, 0.3) is 5.91 Å². The van der Waals surface area contributed by atoms with Crippen LogP contribution < -0.4 is 10.1 Å². The summed E-state index contributed by atoms with van der Waals surface area (Å²) in [5, 5.41) is 18.9. The highest BCUT2D eigenvalue weighted by Gasteiger charge is 2.22. The van der Waals surface area contributed by atoms with E-state index in [9.17, 15) is 9.90 Å². The zero-order chi connectivity index (χ0) is 18.8. The molecule has 1 heterocycles. The van der Waals surface area contributed by atoms with Crippen LogP contribution in [0.4, 0.5) is 5.95 Å². The number of carbonyl (C=O) groups excluding carboxylic acids is 1. The van der Waals surface area contributed by atoms with Crippen molar-refractivity contribution >= 4 is 46.7 Å². The first-order valence-corrected chi connectivity index (χ1v) is 8.29. The molecule has 10 heteroatoms. The minimum absolute atomic E-state index is 0.0255. The number of carbonyl (C=O) groups is 1. The smallest absolute Gasteiger partial charge is 0.263 e. The molecule has 0 atom stereocenters. The van der Waals surface area contributed by atoms with Crippen molar-refractivity contribution in [1.29, 1.82) is 0 Å². The lowest BCUT2D eigenvalue weighted by molar-refractivity contribution is 0.102. The number of hydrogen-bond donors (Lipinski definition) is 3. The van der Waals surface area contributed by atoms with Crippen LogP contribution in [0.3, 0.4) is 0 Å². The number of methoxy groups -OCH3 is 1. The van der Waals surface area contributed by atoms with Gasteiger partial charge >= 0.3 is 0 Å². The van der Waals surface area contributed by atoms with Crippen LogP contribution in [-0.4, -0.2) is 33.3 Å². The predicted octanol–water partition coefficient (Wildman–Crippen LogP) is 4.40. The van der Waals surface area contributed by atoms with E-state index in [4.69, 9.17) is 39.5 Å². The summed E-state index contributed by atoms with van der Waals surface area (Å²) in [7, 11) is 1.53. The van der Waals surface area contributed by atoms with Gasteiger partial charge in [-0.1, -0.05) is 46.9 Å². The summed E-state index contributed by atoms with van der Waals surface area (Å²) in [4.78, 5) is 16.6. The SMILES string of the molecule is COc1ccccc1-c1nc(NC(=O)c2c(O)c(Cl)cc(Cl)c2Cl)n[nH]1. The van der Waals surface area contributed by atoms with Gasteiger partial charge in [0.1, 0.15) is 17.1 Å².